The second-order valence-corrected chi connectivity index (χ2v) is 6.14. The summed E-state index contributed by atoms with van der Waals surface area (Å²) in [5.74, 6) is -0.783. The number of carbonyl (C=O) groups is 1. The van der Waals surface area contributed by atoms with Crippen LogP contribution in [0, 0.1) is 55.6 Å². The van der Waals surface area contributed by atoms with Crippen molar-refractivity contribution in [3.05, 3.63) is 11.6 Å². The summed E-state index contributed by atoms with van der Waals surface area (Å²) < 4.78 is 5.50. The molecular weight excluding hydrogens is 268 g/mol. The average Bonchev–Trinajstić information content (AvgIpc) is 2.56. The van der Waals surface area contributed by atoms with Crippen LogP contribution in [0.1, 0.15) is 27.7 Å². The van der Waals surface area contributed by atoms with E-state index in [2.05, 4.69) is 0 Å². The Labute approximate surface area is 122 Å². The third kappa shape index (κ3) is 1.16. The number of Topliss-reactive ketones (excluding diaryl/α,β-unsaturated/α-hetero) is 1. The third-order valence-electron chi connectivity index (χ3n) is 4.79. The van der Waals surface area contributed by atoms with Crippen molar-refractivity contribution >= 4 is 11.7 Å². The van der Waals surface area contributed by atoms with Crippen LogP contribution in [0.4, 0.5) is 0 Å². The SMILES string of the molecule is CC(=O)C1=CC(C)(C)C2(C#N)C(=N)OC1(C)C2(C#N)C#N. The number of ether oxygens (including phenoxy) is 1. The van der Waals surface area contributed by atoms with Crippen molar-refractivity contribution in [2.24, 2.45) is 16.2 Å². The molecule has 2 unspecified atom stereocenters. The molecule has 2 bridgehead atoms. The quantitative estimate of drug-likeness (QED) is 0.786. The highest BCUT2D eigenvalue weighted by atomic mass is 16.5. The van der Waals surface area contributed by atoms with Gasteiger partial charge in [-0.15, -0.1) is 0 Å². The van der Waals surface area contributed by atoms with Gasteiger partial charge < -0.3 is 4.74 Å². The van der Waals surface area contributed by atoms with Gasteiger partial charge >= 0.3 is 0 Å². The Bertz CT molecular complexity index is 714. The van der Waals surface area contributed by atoms with Gasteiger partial charge in [-0.1, -0.05) is 19.9 Å². The lowest BCUT2D eigenvalue weighted by molar-refractivity contribution is -0.116. The number of carbonyl (C=O) groups excluding carboxylic acids is 1. The van der Waals surface area contributed by atoms with Gasteiger partial charge in [0.1, 0.15) is 0 Å². The fourth-order valence-corrected chi connectivity index (χ4v) is 3.65. The predicted molar refractivity (Wildman–Crippen MR) is 71.5 cm³/mol. The van der Waals surface area contributed by atoms with Crippen molar-refractivity contribution in [1.29, 1.82) is 21.2 Å². The zero-order valence-corrected chi connectivity index (χ0v) is 12.2. The molecule has 2 atom stereocenters. The van der Waals surface area contributed by atoms with E-state index in [4.69, 9.17) is 10.1 Å². The van der Waals surface area contributed by atoms with Crippen LogP contribution < -0.4 is 0 Å². The summed E-state index contributed by atoms with van der Waals surface area (Å²) in [7, 11) is 0. The van der Waals surface area contributed by atoms with Gasteiger partial charge in [-0.25, -0.2) is 0 Å². The maximum atomic E-state index is 12.0. The van der Waals surface area contributed by atoms with Crippen molar-refractivity contribution in [3.8, 4) is 18.2 Å². The first-order valence-electron chi connectivity index (χ1n) is 6.36. The van der Waals surface area contributed by atoms with Gasteiger partial charge in [-0.05, 0) is 13.8 Å². The number of nitrogens with zero attached hydrogens (tertiary/aromatic N) is 3. The lowest BCUT2D eigenvalue weighted by Crippen LogP contribution is -2.59. The Morgan fingerprint density at radius 1 is 1.19 bits per heavy atom. The summed E-state index contributed by atoms with van der Waals surface area (Å²) in [6, 6.07) is 5.76. The van der Waals surface area contributed by atoms with E-state index < -0.39 is 27.7 Å². The number of allylic oxidation sites excluding steroid dienone is 1. The monoisotopic (exact) mass is 282 g/mol. The van der Waals surface area contributed by atoms with E-state index in [1.165, 1.54) is 13.8 Å². The zero-order chi connectivity index (χ0) is 16.3. The molecule has 0 spiro atoms. The lowest BCUT2D eigenvalue weighted by Gasteiger charge is -2.47. The highest BCUT2D eigenvalue weighted by Crippen LogP contribution is 2.68. The normalized spacial score (nSPS) is 34.7. The van der Waals surface area contributed by atoms with Gasteiger partial charge in [-0.3, -0.25) is 10.2 Å². The third-order valence-corrected chi connectivity index (χ3v) is 4.79. The number of rotatable bonds is 1. The molecule has 1 saturated heterocycles. The fraction of sp³-hybridized carbons (Fsp3) is 0.533. The first-order chi connectivity index (χ1) is 9.60. The van der Waals surface area contributed by atoms with Crippen LogP contribution >= 0.6 is 0 Å². The van der Waals surface area contributed by atoms with Gasteiger partial charge in [0.05, 0.1) is 18.2 Å². The Balaban J connectivity index is 3.06. The molecule has 1 aliphatic carbocycles. The van der Waals surface area contributed by atoms with Crippen molar-refractivity contribution in [2.75, 3.05) is 0 Å². The lowest BCUT2D eigenvalue weighted by atomic mass is 9.45. The van der Waals surface area contributed by atoms with Crippen molar-refractivity contribution in [1.82, 2.24) is 0 Å². The molecule has 2 rings (SSSR count). The standard InChI is InChI=1S/C15H14N4O2/c1-9(20)10-5-12(2,3)15(8-18)11(19)21-13(10,4)14(15,6-16)7-17/h5,19H,1-4H3. The van der Waals surface area contributed by atoms with Gasteiger partial charge in [0.2, 0.25) is 11.3 Å². The molecule has 6 nitrogen and oxygen atoms in total. The maximum absolute atomic E-state index is 12.0. The second kappa shape index (κ2) is 3.71. The Kier molecular flexibility index (Phi) is 2.61. The molecule has 6 heteroatoms. The molecule has 1 aliphatic heterocycles. The van der Waals surface area contributed by atoms with Gasteiger partial charge in [0.15, 0.2) is 16.8 Å². The number of hydrogen-bond donors (Lipinski definition) is 1. The Morgan fingerprint density at radius 3 is 2.10 bits per heavy atom. The molecule has 0 amide bonds. The van der Waals surface area contributed by atoms with Crippen LogP contribution in [0.3, 0.4) is 0 Å². The summed E-state index contributed by atoms with van der Waals surface area (Å²) in [6.07, 6.45) is 1.56. The zero-order valence-electron chi connectivity index (χ0n) is 12.2. The molecule has 0 aromatic heterocycles. The minimum Gasteiger partial charge on any atom is -0.466 e. The van der Waals surface area contributed by atoms with Crippen LogP contribution in [0.2, 0.25) is 0 Å². The number of nitriles is 3. The van der Waals surface area contributed by atoms with E-state index in [0.717, 1.165) is 0 Å². The van der Waals surface area contributed by atoms with Crippen LogP contribution in [0.25, 0.3) is 0 Å². The molecule has 0 aromatic carbocycles. The Hall–Kier alpha value is -2.65. The van der Waals surface area contributed by atoms with Gasteiger partial charge in [0, 0.05) is 11.0 Å². The summed E-state index contributed by atoms with van der Waals surface area (Å²) in [5.41, 5.74) is -6.24. The van der Waals surface area contributed by atoms with Gasteiger partial charge in [-0.2, -0.15) is 15.8 Å². The van der Waals surface area contributed by atoms with Crippen molar-refractivity contribution < 1.29 is 9.53 Å². The topological polar surface area (TPSA) is 122 Å². The van der Waals surface area contributed by atoms with E-state index >= 15 is 0 Å². The molecule has 0 saturated carbocycles. The molecule has 0 radical (unpaired) electrons. The smallest absolute Gasteiger partial charge is 0.215 e. The summed E-state index contributed by atoms with van der Waals surface area (Å²) in [5, 5.41) is 37.2. The van der Waals surface area contributed by atoms with Crippen LogP contribution in [-0.2, 0) is 9.53 Å². The number of ketones is 1. The highest BCUT2D eigenvalue weighted by molar-refractivity contribution is 6.02. The van der Waals surface area contributed by atoms with Gasteiger partial charge in [0.25, 0.3) is 0 Å². The van der Waals surface area contributed by atoms with Crippen LogP contribution in [0.5, 0.6) is 0 Å². The van der Waals surface area contributed by atoms with Crippen molar-refractivity contribution in [3.63, 3.8) is 0 Å². The molecular formula is C15H14N4O2. The molecule has 106 valence electrons. The molecule has 2 aliphatic rings. The summed E-state index contributed by atoms with van der Waals surface area (Å²) in [6.45, 7) is 6.00. The predicted octanol–water partition coefficient (Wildman–Crippen LogP) is 1.85. The first-order valence-corrected chi connectivity index (χ1v) is 6.36. The van der Waals surface area contributed by atoms with E-state index in [1.807, 2.05) is 18.2 Å². The molecule has 21 heavy (non-hydrogen) atoms. The summed E-state index contributed by atoms with van der Waals surface area (Å²) >= 11 is 0. The maximum Gasteiger partial charge on any atom is 0.215 e. The average molecular weight is 282 g/mol. The van der Waals surface area contributed by atoms with Crippen molar-refractivity contribution in [2.45, 2.75) is 33.3 Å². The van der Waals surface area contributed by atoms with E-state index in [-0.39, 0.29) is 11.4 Å². The second-order valence-electron chi connectivity index (χ2n) is 6.14. The van der Waals surface area contributed by atoms with Crippen LogP contribution in [0.15, 0.2) is 11.6 Å². The number of fused-ring (bicyclic) bond motifs is 2. The largest absolute Gasteiger partial charge is 0.466 e. The molecule has 0 aromatic rings. The number of hydrogen-bond acceptors (Lipinski definition) is 6. The number of nitrogens with one attached hydrogen (secondary N) is 1. The minimum absolute atomic E-state index is 0.156. The molecule has 1 fully saturated rings. The fourth-order valence-electron chi connectivity index (χ4n) is 3.65. The minimum atomic E-state index is -1.95. The first kappa shape index (κ1) is 14.8. The van der Waals surface area contributed by atoms with E-state index in [0.29, 0.717) is 0 Å². The molecule has 1 N–H and O–H groups in total. The van der Waals surface area contributed by atoms with Crippen LogP contribution in [-0.4, -0.2) is 17.3 Å². The van der Waals surface area contributed by atoms with E-state index in [1.54, 1.807) is 19.9 Å². The highest BCUT2D eigenvalue weighted by Gasteiger charge is 2.81. The Morgan fingerprint density at radius 2 is 1.71 bits per heavy atom. The summed E-state index contributed by atoms with van der Waals surface area (Å²) in [4.78, 5) is 12.0. The molecule has 1 heterocycles. The van der Waals surface area contributed by atoms with E-state index in [9.17, 15) is 20.6 Å².